The van der Waals surface area contributed by atoms with Crippen LogP contribution in [-0.2, 0) is 0 Å². The molecule has 0 aliphatic carbocycles. The van der Waals surface area contributed by atoms with Gasteiger partial charge < -0.3 is 12.4 Å². The third kappa shape index (κ3) is 3.90. The smallest absolute Gasteiger partial charge is 1.00 e. The Morgan fingerprint density at radius 2 is 1.73 bits per heavy atom. The van der Waals surface area contributed by atoms with E-state index in [-0.39, 0.29) is 35.5 Å². The summed E-state index contributed by atoms with van der Waals surface area (Å²) in [6.45, 7) is 8.03. The van der Waals surface area contributed by atoms with Crippen LogP contribution >= 0.6 is 0 Å². The van der Waals surface area contributed by atoms with Gasteiger partial charge in [-0.1, -0.05) is 12.5 Å². The van der Waals surface area contributed by atoms with Crippen LogP contribution in [0.2, 0.25) is 0 Å². The Kier molecular flexibility index (Phi) is 7.17. The second-order valence-corrected chi connectivity index (χ2v) is 2.43. The van der Waals surface area contributed by atoms with Gasteiger partial charge >= 0.3 is 23.1 Å². The first-order valence-corrected chi connectivity index (χ1v) is 3.09. The maximum absolute atomic E-state index is 3.86. The Balaban J connectivity index is 0. The summed E-state index contributed by atoms with van der Waals surface area (Å²) in [7, 11) is 0. The van der Waals surface area contributed by atoms with Crippen molar-refractivity contribution in [2.45, 2.75) is 13.8 Å². The molecule has 0 amide bonds. The molecule has 0 N–H and O–H groups in total. The summed E-state index contributed by atoms with van der Waals surface area (Å²) < 4.78 is 0. The van der Waals surface area contributed by atoms with Gasteiger partial charge in [0.05, 0.1) is 0 Å². The van der Waals surface area contributed by atoms with Crippen LogP contribution in [0, 0.1) is 20.8 Å². The second kappa shape index (κ2) is 5.75. The molecule has 0 bridgehead atoms. The number of benzene rings is 1. The SMILES string of the molecule is [CH2-]c1ccc(C)cc1C.[Cl-].[Mg+2]. The van der Waals surface area contributed by atoms with Gasteiger partial charge in [0.15, 0.2) is 0 Å². The molecule has 0 saturated heterocycles. The third-order valence-electron chi connectivity index (χ3n) is 1.50. The van der Waals surface area contributed by atoms with E-state index in [9.17, 15) is 0 Å². The predicted octanol–water partition coefficient (Wildman–Crippen LogP) is -0.891. The monoisotopic (exact) mass is 178 g/mol. The molecule has 1 rings (SSSR count). The number of hydrogen-bond acceptors (Lipinski definition) is 0. The first-order valence-electron chi connectivity index (χ1n) is 3.09. The van der Waals surface area contributed by atoms with E-state index in [1.54, 1.807) is 0 Å². The van der Waals surface area contributed by atoms with Gasteiger partial charge in [0, 0.05) is 0 Å². The predicted molar refractivity (Wildman–Crippen MR) is 46.1 cm³/mol. The molecule has 0 aromatic heterocycles. The van der Waals surface area contributed by atoms with E-state index in [0.717, 1.165) is 5.56 Å². The van der Waals surface area contributed by atoms with Gasteiger partial charge in [-0.25, -0.2) is 0 Å². The molecular formula is C9H11ClMg. The fourth-order valence-electron chi connectivity index (χ4n) is 0.846. The average Bonchev–Trinajstić information content (AvgIpc) is 1.80. The van der Waals surface area contributed by atoms with Crippen molar-refractivity contribution in [3.63, 3.8) is 0 Å². The molecule has 56 valence electrons. The molecule has 0 unspecified atom stereocenters. The minimum atomic E-state index is 0. The van der Waals surface area contributed by atoms with Gasteiger partial charge in [-0.2, -0.15) is 24.1 Å². The number of aryl methyl sites for hydroxylation is 2. The van der Waals surface area contributed by atoms with Crippen molar-refractivity contribution < 1.29 is 12.4 Å². The topological polar surface area (TPSA) is 0 Å². The zero-order chi connectivity index (χ0) is 6.85. The van der Waals surface area contributed by atoms with Gasteiger partial charge in [-0.3, -0.25) is 0 Å². The molecule has 0 fully saturated rings. The van der Waals surface area contributed by atoms with E-state index in [2.05, 4.69) is 32.9 Å². The molecule has 0 atom stereocenters. The van der Waals surface area contributed by atoms with Crippen LogP contribution in [0.25, 0.3) is 0 Å². The van der Waals surface area contributed by atoms with Crippen molar-refractivity contribution in [2.75, 3.05) is 0 Å². The Labute approximate surface area is 90.9 Å². The van der Waals surface area contributed by atoms with E-state index in [4.69, 9.17) is 0 Å². The Morgan fingerprint density at radius 3 is 2.09 bits per heavy atom. The minimum absolute atomic E-state index is 0. The summed E-state index contributed by atoms with van der Waals surface area (Å²) >= 11 is 0. The first kappa shape index (κ1) is 13.7. The van der Waals surface area contributed by atoms with Crippen LogP contribution in [0.5, 0.6) is 0 Å². The van der Waals surface area contributed by atoms with Crippen LogP contribution < -0.4 is 12.4 Å². The van der Waals surface area contributed by atoms with Gasteiger partial charge in [0.2, 0.25) is 0 Å². The molecule has 1 aromatic carbocycles. The second-order valence-electron chi connectivity index (χ2n) is 2.43. The molecule has 0 saturated carbocycles. The Morgan fingerprint density at radius 1 is 1.18 bits per heavy atom. The summed E-state index contributed by atoms with van der Waals surface area (Å²) in [6, 6.07) is 6.27. The molecule has 0 spiro atoms. The molecule has 0 heterocycles. The number of rotatable bonds is 0. The molecule has 0 aliphatic heterocycles. The van der Waals surface area contributed by atoms with Crippen molar-refractivity contribution in [1.29, 1.82) is 0 Å². The summed E-state index contributed by atoms with van der Waals surface area (Å²) in [5.41, 5.74) is 3.70. The molecule has 0 nitrogen and oxygen atoms in total. The van der Waals surface area contributed by atoms with Crippen molar-refractivity contribution in [1.82, 2.24) is 0 Å². The van der Waals surface area contributed by atoms with Gasteiger partial charge in [-0.05, 0) is 6.92 Å². The van der Waals surface area contributed by atoms with E-state index in [0.29, 0.717) is 0 Å². The Hall–Kier alpha value is 0.146. The van der Waals surface area contributed by atoms with Crippen molar-refractivity contribution in [2.24, 2.45) is 0 Å². The molecular weight excluding hydrogens is 168 g/mol. The summed E-state index contributed by atoms with van der Waals surface area (Å²) in [5.74, 6) is 0. The van der Waals surface area contributed by atoms with E-state index in [1.165, 1.54) is 11.1 Å². The van der Waals surface area contributed by atoms with Gasteiger partial charge in [0.25, 0.3) is 0 Å². The normalized spacial score (nSPS) is 7.82. The Bertz CT molecular complexity index is 221. The zero-order valence-electron chi connectivity index (χ0n) is 7.02. The zero-order valence-corrected chi connectivity index (χ0v) is 9.19. The van der Waals surface area contributed by atoms with Gasteiger partial charge in [-0.15, -0.1) is 12.1 Å². The van der Waals surface area contributed by atoms with Crippen LogP contribution in [0.15, 0.2) is 18.2 Å². The molecule has 0 aliphatic rings. The number of hydrogen-bond donors (Lipinski definition) is 0. The molecule has 11 heavy (non-hydrogen) atoms. The largest absolute Gasteiger partial charge is 2.00 e. The summed E-state index contributed by atoms with van der Waals surface area (Å²) in [4.78, 5) is 0. The van der Waals surface area contributed by atoms with Crippen LogP contribution in [-0.4, -0.2) is 23.1 Å². The van der Waals surface area contributed by atoms with Crippen LogP contribution in [0.3, 0.4) is 0 Å². The average molecular weight is 179 g/mol. The molecule has 1 aromatic rings. The molecule has 2 heteroatoms. The van der Waals surface area contributed by atoms with E-state index < -0.39 is 0 Å². The van der Waals surface area contributed by atoms with E-state index >= 15 is 0 Å². The summed E-state index contributed by atoms with van der Waals surface area (Å²) in [5, 5.41) is 0. The fraction of sp³-hybridized carbons (Fsp3) is 0.222. The standard InChI is InChI=1S/C9H11.ClH.Mg/c1-7-4-5-8(2)9(3)6-7;;/h4-6H,2H2,1,3H3;1H;/q-1;;+2/p-1. The third-order valence-corrected chi connectivity index (χ3v) is 1.50. The van der Waals surface area contributed by atoms with Gasteiger partial charge in [0.1, 0.15) is 0 Å². The van der Waals surface area contributed by atoms with Crippen molar-refractivity contribution in [3.8, 4) is 0 Å². The van der Waals surface area contributed by atoms with Crippen LogP contribution in [0.1, 0.15) is 16.7 Å². The van der Waals surface area contributed by atoms with Crippen LogP contribution in [0.4, 0.5) is 0 Å². The summed E-state index contributed by atoms with van der Waals surface area (Å²) in [6.07, 6.45) is 0. The van der Waals surface area contributed by atoms with Crippen molar-refractivity contribution >= 4 is 23.1 Å². The first-order chi connectivity index (χ1) is 4.20. The quantitative estimate of drug-likeness (QED) is 0.358. The number of halogens is 1. The van der Waals surface area contributed by atoms with E-state index in [1.807, 2.05) is 6.07 Å². The maximum atomic E-state index is 3.86. The maximum Gasteiger partial charge on any atom is 2.00 e. The molecule has 0 radical (unpaired) electrons. The fourth-order valence-corrected chi connectivity index (χ4v) is 0.846. The van der Waals surface area contributed by atoms with Crippen molar-refractivity contribution in [3.05, 3.63) is 41.8 Å². The minimum Gasteiger partial charge on any atom is -1.00 e.